The zero-order valence-electron chi connectivity index (χ0n) is 13.7. The molecule has 2 N–H and O–H groups in total. The molecule has 1 fully saturated rings. The molecule has 0 saturated carbocycles. The predicted octanol–water partition coefficient (Wildman–Crippen LogP) is 3.09. The quantitative estimate of drug-likeness (QED) is 0.894. The largest absolute Gasteiger partial charge is 0.497 e. The van der Waals surface area contributed by atoms with E-state index in [2.05, 4.69) is 16.8 Å². The van der Waals surface area contributed by atoms with Crippen LogP contribution in [0.4, 0.5) is 4.79 Å². The van der Waals surface area contributed by atoms with E-state index in [0.29, 0.717) is 19.6 Å². The van der Waals surface area contributed by atoms with E-state index in [-0.39, 0.29) is 6.03 Å². The molecule has 1 atom stereocenters. The Morgan fingerprint density at radius 1 is 1.38 bits per heavy atom. The van der Waals surface area contributed by atoms with Crippen LogP contribution in [0, 0.1) is 0 Å². The Bertz CT molecular complexity index is 684. The van der Waals surface area contributed by atoms with E-state index in [4.69, 9.17) is 4.74 Å². The number of likely N-dealkylation sites (tertiary alicyclic amines) is 1. The van der Waals surface area contributed by atoms with E-state index in [9.17, 15) is 9.90 Å². The molecule has 2 amide bonds. The lowest BCUT2D eigenvalue weighted by Crippen LogP contribution is -2.46. The molecule has 2 heterocycles. The minimum atomic E-state index is -0.395. The molecule has 24 heavy (non-hydrogen) atoms. The Hall–Kier alpha value is -2.05. The number of carbonyl (C=O) groups is 1. The molecule has 0 radical (unpaired) electrons. The number of β-amino-alcohol motifs (C(OH)–C–C–N with tert-alkyl or cyclic N) is 1. The smallest absolute Gasteiger partial charge is 0.317 e. The topological polar surface area (TPSA) is 61.8 Å². The van der Waals surface area contributed by atoms with Crippen molar-refractivity contribution in [1.82, 2.24) is 10.2 Å². The van der Waals surface area contributed by atoms with Crippen LogP contribution in [-0.2, 0) is 6.54 Å². The van der Waals surface area contributed by atoms with Crippen molar-refractivity contribution in [2.45, 2.75) is 25.5 Å². The van der Waals surface area contributed by atoms with Gasteiger partial charge in [-0.2, -0.15) is 0 Å². The summed E-state index contributed by atoms with van der Waals surface area (Å²) < 4.78 is 5.17. The van der Waals surface area contributed by atoms with Crippen molar-refractivity contribution in [1.29, 1.82) is 0 Å². The van der Waals surface area contributed by atoms with E-state index in [1.807, 2.05) is 24.3 Å². The van der Waals surface area contributed by atoms with Crippen LogP contribution < -0.4 is 10.1 Å². The Balaban J connectivity index is 1.56. The molecule has 1 saturated heterocycles. The number of methoxy groups -OCH3 is 1. The van der Waals surface area contributed by atoms with Gasteiger partial charge in [0, 0.05) is 18.0 Å². The number of aliphatic hydroxyl groups excluding tert-OH is 1. The van der Waals surface area contributed by atoms with Gasteiger partial charge < -0.3 is 20.1 Å². The van der Waals surface area contributed by atoms with Crippen molar-refractivity contribution in [3.63, 3.8) is 0 Å². The Labute approximate surface area is 145 Å². The van der Waals surface area contributed by atoms with Gasteiger partial charge in [-0.3, -0.25) is 0 Å². The van der Waals surface area contributed by atoms with Crippen LogP contribution in [0.1, 0.15) is 17.7 Å². The highest BCUT2D eigenvalue weighted by molar-refractivity contribution is 7.10. The maximum atomic E-state index is 12.2. The Morgan fingerprint density at radius 2 is 2.17 bits per heavy atom. The molecule has 1 aliphatic heterocycles. The van der Waals surface area contributed by atoms with Crippen molar-refractivity contribution in [2.24, 2.45) is 0 Å². The SMILES string of the molecule is COc1ccc(-c2csc(CNC(=O)N3CCCC(O)C3)c2)cc1. The zero-order chi connectivity index (χ0) is 16.9. The van der Waals surface area contributed by atoms with Gasteiger partial charge in [0.15, 0.2) is 0 Å². The predicted molar refractivity (Wildman–Crippen MR) is 95.4 cm³/mol. The summed E-state index contributed by atoms with van der Waals surface area (Å²) in [5.41, 5.74) is 2.27. The van der Waals surface area contributed by atoms with Gasteiger partial charge in [0.25, 0.3) is 0 Å². The van der Waals surface area contributed by atoms with E-state index in [1.165, 1.54) is 0 Å². The molecular formula is C18H22N2O3S. The lowest BCUT2D eigenvalue weighted by Gasteiger charge is -2.30. The van der Waals surface area contributed by atoms with E-state index >= 15 is 0 Å². The number of nitrogens with zero attached hydrogens (tertiary/aromatic N) is 1. The Morgan fingerprint density at radius 3 is 2.88 bits per heavy atom. The third kappa shape index (κ3) is 4.07. The first-order chi connectivity index (χ1) is 11.7. The van der Waals surface area contributed by atoms with Gasteiger partial charge in [-0.1, -0.05) is 12.1 Å². The molecule has 0 aliphatic carbocycles. The standard InChI is InChI=1S/C18H22N2O3S/c1-23-16-6-4-13(5-7-16)14-9-17(24-12-14)10-19-18(22)20-8-2-3-15(21)11-20/h4-7,9,12,15,21H,2-3,8,10-11H2,1H3,(H,19,22). The van der Waals surface area contributed by atoms with Crippen molar-refractivity contribution >= 4 is 17.4 Å². The van der Waals surface area contributed by atoms with Crippen LogP contribution in [0.2, 0.25) is 0 Å². The fourth-order valence-corrected chi connectivity index (χ4v) is 3.65. The number of aliphatic hydroxyl groups is 1. The molecular weight excluding hydrogens is 324 g/mol. The maximum Gasteiger partial charge on any atom is 0.317 e. The number of ether oxygens (including phenoxy) is 1. The van der Waals surface area contributed by atoms with Gasteiger partial charge in [0.1, 0.15) is 5.75 Å². The average Bonchev–Trinajstić information content (AvgIpc) is 3.09. The highest BCUT2D eigenvalue weighted by Crippen LogP contribution is 2.27. The monoisotopic (exact) mass is 346 g/mol. The van der Waals surface area contributed by atoms with Crippen LogP contribution in [0.5, 0.6) is 5.75 Å². The number of amides is 2. The summed E-state index contributed by atoms with van der Waals surface area (Å²) in [6.45, 7) is 1.64. The van der Waals surface area contributed by atoms with Gasteiger partial charge in [0.05, 0.1) is 19.8 Å². The molecule has 1 aromatic heterocycles. The molecule has 1 aromatic carbocycles. The second-order valence-corrected chi connectivity index (χ2v) is 6.93. The van der Waals surface area contributed by atoms with Crippen molar-refractivity contribution in [3.8, 4) is 16.9 Å². The molecule has 1 aliphatic rings. The number of hydrogen-bond acceptors (Lipinski definition) is 4. The number of thiophene rings is 1. The number of nitrogens with one attached hydrogen (secondary N) is 1. The summed E-state index contributed by atoms with van der Waals surface area (Å²) in [7, 11) is 1.65. The van der Waals surface area contributed by atoms with Crippen LogP contribution in [-0.4, -0.2) is 42.3 Å². The molecule has 5 nitrogen and oxygen atoms in total. The summed E-state index contributed by atoms with van der Waals surface area (Å²) in [5, 5.41) is 14.7. The van der Waals surface area contributed by atoms with Crippen molar-refractivity contribution in [3.05, 3.63) is 40.6 Å². The maximum absolute atomic E-state index is 12.2. The normalized spacial score (nSPS) is 17.6. The first-order valence-corrected chi connectivity index (χ1v) is 8.96. The molecule has 3 rings (SSSR count). The summed E-state index contributed by atoms with van der Waals surface area (Å²) in [6.07, 6.45) is 1.24. The highest BCUT2D eigenvalue weighted by Gasteiger charge is 2.21. The summed E-state index contributed by atoms with van der Waals surface area (Å²) in [5.74, 6) is 0.838. The Kier molecular flexibility index (Phi) is 5.37. The van der Waals surface area contributed by atoms with Crippen LogP contribution in [0.25, 0.3) is 11.1 Å². The second kappa shape index (κ2) is 7.68. The molecule has 0 spiro atoms. The van der Waals surface area contributed by atoms with Gasteiger partial charge in [-0.15, -0.1) is 11.3 Å². The van der Waals surface area contributed by atoms with E-state index in [0.717, 1.165) is 34.6 Å². The fraction of sp³-hybridized carbons (Fsp3) is 0.389. The minimum absolute atomic E-state index is 0.104. The summed E-state index contributed by atoms with van der Waals surface area (Å²) in [4.78, 5) is 14.9. The van der Waals surface area contributed by atoms with Crippen LogP contribution in [0.15, 0.2) is 35.7 Å². The third-order valence-electron chi connectivity index (χ3n) is 4.17. The first-order valence-electron chi connectivity index (χ1n) is 8.08. The minimum Gasteiger partial charge on any atom is -0.497 e. The fourth-order valence-electron chi connectivity index (χ4n) is 2.82. The lowest BCUT2D eigenvalue weighted by atomic mass is 10.1. The average molecular weight is 346 g/mol. The second-order valence-electron chi connectivity index (χ2n) is 5.93. The van der Waals surface area contributed by atoms with Crippen molar-refractivity contribution in [2.75, 3.05) is 20.2 Å². The highest BCUT2D eigenvalue weighted by atomic mass is 32.1. The number of benzene rings is 1. The van der Waals surface area contributed by atoms with Gasteiger partial charge in [-0.25, -0.2) is 4.79 Å². The number of hydrogen-bond donors (Lipinski definition) is 2. The first kappa shape index (κ1) is 16.8. The molecule has 1 unspecified atom stereocenters. The van der Waals surface area contributed by atoms with Crippen LogP contribution >= 0.6 is 11.3 Å². The van der Waals surface area contributed by atoms with Crippen LogP contribution in [0.3, 0.4) is 0 Å². The van der Waals surface area contributed by atoms with Gasteiger partial charge >= 0.3 is 6.03 Å². The molecule has 0 bridgehead atoms. The number of carbonyl (C=O) groups excluding carboxylic acids is 1. The number of urea groups is 1. The molecule has 6 heteroatoms. The lowest BCUT2D eigenvalue weighted by molar-refractivity contribution is 0.0842. The van der Waals surface area contributed by atoms with Gasteiger partial charge in [-0.05, 0) is 47.5 Å². The number of piperidine rings is 1. The molecule has 128 valence electrons. The van der Waals surface area contributed by atoms with Crippen molar-refractivity contribution < 1.29 is 14.6 Å². The summed E-state index contributed by atoms with van der Waals surface area (Å²) >= 11 is 1.63. The zero-order valence-corrected chi connectivity index (χ0v) is 14.5. The van der Waals surface area contributed by atoms with Gasteiger partial charge in [0.2, 0.25) is 0 Å². The third-order valence-corrected chi connectivity index (χ3v) is 5.11. The molecule has 2 aromatic rings. The number of rotatable bonds is 4. The van der Waals surface area contributed by atoms with E-state index in [1.54, 1.807) is 23.3 Å². The summed E-state index contributed by atoms with van der Waals surface area (Å²) in [6, 6.07) is 9.92. The van der Waals surface area contributed by atoms with E-state index < -0.39 is 6.10 Å².